The molecule has 12 nitrogen and oxygen atoms in total. The molecule has 0 aliphatic carbocycles. The predicted octanol–water partition coefficient (Wildman–Crippen LogP) is 7.46. The van der Waals surface area contributed by atoms with Gasteiger partial charge in [-0.2, -0.15) is 0 Å². The van der Waals surface area contributed by atoms with E-state index in [9.17, 15) is 28.8 Å². The Balaban J connectivity index is 1.31. The van der Waals surface area contributed by atoms with Crippen molar-refractivity contribution in [3.8, 4) is 10.4 Å². The number of likely N-dealkylation sites (tertiary alicyclic amines) is 1. The number of nitrogens with zero attached hydrogens (tertiary/aromatic N) is 2. The molecule has 3 aromatic rings. The molecule has 280 valence electrons. The summed E-state index contributed by atoms with van der Waals surface area (Å²) in [5, 5.41) is 0.916. The molecule has 2 aromatic carbocycles. The van der Waals surface area contributed by atoms with Gasteiger partial charge in [0.2, 0.25) is 0 Å². The van der Waals surface area contributed by atoms with Crippen LogP contribution in [-0.4, -0.2) is 95.6 Å². The van der Waals surface area contributed by atoms with E-state index in [0.29, 0.717) is 43.5 Å². The SMILES string of the molecule is CCCCN(CC(=O)OCC(=O)c1ccc(-c2cc3ccc(C(=O)COC(=O)[C@@H]4CCCN4C(=O)OC(C)(C)C)cc3s2)cc1)C(=O)OC(C)(C)C. The third-order valence-corrected chi connectivity index (χ3v) is 9.10. The third-order valence-electron chi connectivity index (χ3n) is 7.95. The van der Waals surface area contributed by atoms with Crippen LogP contribution < -0.4 is 0 Å². The summed E-state index contributed by atoms with van der Waals surface area (Å²) in [7, 11) is 0. The number of benzene rings is 2. The van der Waals surface area contributed by atoms with Crippen LogP contribution in [0, 0.1) is 0 Å². The van der Waals surface area contributed by atoms with E-state index in [1.807, 2.05) is 19.1 Å². The van der Waals surface area contributed by atoms with Gasteiger partial charge in [0.1, 0.15) is 23.8 Å². The number of carbonyl (C=O) groups excluding carboxylic acids is 6. The highest BCUT2D eigenvalue weighted by Gasteiger charge is 2.38. The van der Waals surface area contributed by atoms with Crippen molar-refractivity contribution in [1.29, 1.82) is 0 Å². The Morgan fingerprint density at radius 1 is 0.827 bits per heavy atom. The van der Waals surface area contributed by atoms with Gasteiger partial charge < -0.3 is 18.9 Å². The molecular weight excluding hydrogens is 689 g/mol. The van der Waals surface area contributed by atoms with Gasteiger partial charge in [-0.05, 0) is 83.9 Å². The molecule has 0 radical (unpaired) electrons. The van der Waals surface area contributed by atoms with Crippen molar-refractivity contribution in [3.05, 3.63) is 59.7 Å². The lowest BCUT2D eigenvalue weighted by Gasteiger charge is -2.27. The van der Waals surface area contributed by atoms with Gasteiger partial charge in [-0.3, -0.25) is 24.2 Å². The molecule has 52 heavy (non-hydrogen) atoms. The maximum atomic E-state index is 13.0. The van der Waals surface area contributed by atoms with Crippen LogP contribution in [0.1, 0.15) is 94.9 Å². The molecular formula is C39H48N2O10S. The number of esters is 2. The van der Waals surface area contributed by atoms with E-state index in [4.69, 9.17) is 18.9 Å². The van der Waals surface area contributed by atoms with Gasteiger partial charge >= 0.3 is 24.1 Å². The van der Waals surface area contributed by atoms with Crippen molar-refractivity contribution >= 4 is 57.1 Å². The Kier molecular flexibility index (Phi) is 13.2. The highest BCUT2D eigenvalue weighted by atomic mass is 32.1. The first-order valence-electron chi connectivity index (χ1n) is 17.4. The number of hydrogen-bond acceptors (Lipinski definition) is 11. The number of rotatable bonds is 13. The lowest BCUT2D eigenvalue weighted by Crippen LogP contribution is -2.44. The number of unbranched alkanes of at least 4 members (excludes halogenated alkanes) is 1. The fraction of sp³-hybridized carbons (Fsp3) is 0.487. The maximum absolute atomic E-state index is 13.0. The molecule has 1 aliphatic rings. The number of carbonyl (C=O) groups is 6. The summed E-state index contributed by atoms with van der Waals surface area (Å²) < 4.78 is 22.2. The fourth-order valence-corrected chi connectivity index (χ4v) is 6.48. The fourth-order valence-electron chi connectivity index (χ4n) is 5.38. The number of ketones is 2. The van der Waals surface area contributed by atoms with E-state index in [0.717, 1.165) is 26.9 Å². The number of ether oxygens (including phenoxy) is 4. The van der Waals surface area contributed by atoms with Gasteiger partial charge in [0.05, 0.1) is 0 Å². The Bertz CT molecular complexity index is 1780. The summed E-state index contributed by atoms with van der Waals surface area (Å²) in [4.78, 5) is 79.8. The van der Waals surface area contributed by atoms with Crippen LogP contribution in [0.25, 0.3) is 20.5 Å². The zero-order valence-corrected chi connectivity index (χ0v) is 31.8. The molecule has 1 aliphatic heterocycles. The van der Waals surface area contributed by atoms with Crippen molar-refractivity contribution in [2.75, 3.05) is 32.8 Å². The van der Waals surface area contributed by atoms with E-state index < -0.39 is 54.6 Å². The zero-order valence-electron chi connectivity index (χ0n) is 30.9. The lowest BCUT2D eigenvalue weighted by atomic mass is 10.1. The summed E-state index contributed by atoms with van der Waals surface area (Å²) in [6.45, 7) is 11.9. The van der Waals surface area contributed by atoms with Crippen LogP contribution in [0.15, 0.2) is 48.5 Å². The van der Waals surface area contributed by atoms with E-state index in [1.165, 1.54) is 21.1 Å². The molecule has 0 saturated carbocycles. The third kappa shape index (κ3) is 11.4. The molecule has 13 heteroatoms. The first kappa shape index (κ1) is 40.0. The van der Waals surface area contributed by atoms with Crippen LogP contribution >= 0.6 is 11.3 Å². The minimum atomic E-state index is -0.793. The molecule has 2 heterocycles. The Morgan fingerprint density at radius 2 is 1.46 bits per heavy atom. The molecule has 4 rings (SSSR count). The lowest BCUT2D eigenvalue weighted by molar-refractivity contribution is -0.147. The molecule has 1 atom stereocenters. The Hall–Kier alpha value is -4.78. The second kappa shape index (κ2) is 17.2. The minimum Gasteiger partial charge on any atom is -0.456 e. The van der Waals surface area contributed by atoms with Crippen molar-refractivity contribution in [1.82, 2.24) is 9.80 Å². The Morgan fingerprint density at radius 3 is 2.12 bits per heavy atom. The Labute approximate surface area is 308 Å². The summed E-state index contributed by atoms with van der Waals surface area (Å²) in [6.07, 6.45) is 1.39. The monoisotopic (exact) mass is 736 g/mol. The van der Waals surface area contributed by atoms with E-state index >= 15 is 0 Å². The molecule has 1 aromatic heterocycles. The number of amides is 2. The first-order valence-corrected chi connectivity index (χ1v) is 18.3. The van der Waals surface area contributed by atoms with Gasteiger partial charge in [0, 0.05) is 33.8 Å². The molecule has 1 fully saturated rings. The number of Topliss-reactive ketones (excluding diaryl/α,β-unsaturated/α-hetero) is 2. The van der Waals surface area contributed by atoms with Crippen LogP contribution in [0.3, 0.4) is 0 Å². The molecule has 0 spiro atoms. The highest BCUT2D eigenvalue weighted by molar-refractivity contribution is 7.22. The molecule has 0 N–H and O–H groups in total. The quantitative estimate of drug-likeness (QED) is 0.0985. The molecule has 0 unspecified atom stereocenters. The van der Waals surface area contributed by atoms with Crippen LogP contribution in [0.2, 0.25) is 0 Å². The molecule has 2 amide bonds. The van der Waals surface area contributed by atoms with Crippen molar-refractivity contribution < 1.29 is 47.7 Å². The van der Waals surface area contributed by atoms with Crippen LogP contribution in [0.5, 0.6) is 0 Å². The van der Waals surface area contributed by atoms with E-state index in [-0.39, 0.29) is 18.1 Å². The van der Waals surface area contributed by atoms with Crippen LogP contribution in [0.4, 0.5) is 9.59 Å². The highest BCUT2D eigenvalue weighted by Crippen LogP contribution is 2.34. The average molecular weight is 737 g/mol. The van der Waals surface area contributed by atoms with Crippen LogP contribution in [-0.2, 0) is 28.5 Å². The average Bonchev–Trinajstić information content (AvgIpc) is 3.74. The van der Waals surface area contributed by atoms with Gasteiger partial charge in [-0.1, -0.05) is 49.7 Å². The van der Waals surface area contributed by atoms with Gasteiger partial charge in [-0.15, -0.1) is 11.3 Å². The normalized spacial score (nSPS) is 14.5. The predicted molar refractivity (Wildman–Crippen MR) is 197 cm³/mol. The molecule has 1 saturated heterocycles. The maximum Gasteiger partial charge on any atom is 0.411 e. The van der Waals surface area contributed by atoms with E-state index in [2.05, 4.69) is 0 Å². The summed E-state index contributed by atoms with van der Waals surface area (Å²) >= 11 is 1.46. The first-order chi connectivity index (χ1) is 24.4. The van der Waals surface area contributed by atoms with E-state index in [1.54, 1.807) is 77.9 Å². The van der Waals surface area contributed by atoms with Crippen molar-refractivity contribution in [3.63, 3.8) is 0 Å². The topological polar surface area (TPSA) is 146 Å². The number of thiophene rings is 1. The summed E-state index contributed by atoms with van der Waals surface area (Å²) in [6, 6.07) is 13.3. The zero-order chi connectivity index (χ0) is 38.2. The van der Waals surface area contributed by atoms with Gasteiger partial charge in [-0.25, -0.2) is 14.4 Å². The largest absolute Gasteiger partial charge is 0.456 e. The summed E-state index contributed by atoms with van der Waals surface area (Å²) in [5.74, 6) is -2.09. The van der Waals surface area contributed by atoms with Crippen molar-refractivity contribution in [2.24, 2.45) is 0 Å². The number of fused-ring (bicyclic) bond motifs is 1. The second-order valence-corrected chi connectivity index (χ2v) is 15.7. The standard InChI is InChI=1S/C39H48N2O10S/c1-8-9-18-40(36(46)50-38(2,3)4)22-34(44)48-23-30(42)25-12-14-26(15-13-25)32-21-28-17-16-27(20-33(28)52-32)31(43)24-49-35(45)29-11-10-19-41(29)37(47)51-39(5,6)7/h12-17,20-21,29H,8-11,18-19,22-24H2,1-7H3/t29-/m0/s1. The molecule has 0 bridgehead atoms. The van der Waals surface area contributed by atoms with Crippen molar-refractivity contribution in [2.45, 2.75) is 91.4 Å². The van der Waals surface area contributed by atoms with Gasteiger partial charge in [0.25, 0.3) is 0 Å². The minimum absolute atomic E-state index is 0.319. The van der Waals surface area contributed by atoms with Gasteiger partial charge in [0.15, 0.2) is 24.8 Å². The number of hydrogen-bond donors (Lipinski definition) is 0. The summed E-state index contributed by atoms with van der Waals surface area (Å²) in [5.41, 5.74) is 0.192. The smallest absolute Gasteiger partial charge is 0.411 e. The second-order valence-electron chi connectivity index (χ2n) is 14.6.